The molecule has 7 nitrogen and oxygen atoms in total. The Morgan fingerprint density at radius 1 is 1.06 bits per heavy atom. The Balaban J connectivity index is 1.51. The molecular weight excluding hydrogens is 484 g/mol. The van der Waals surface area contributed by atoms with Crippen LogP contribution in [-0.4, -0.2) is 32.7 Å². The van der Waals surface area contributed by atoms with Gasteiger partial charge in [0, 0.05) is 41.6 Å². The van der Waals surface area contributed by atoms with Gasteiger partial charge in [-0.3, -0.25) is 14.9 Å². The average Bonchev–Trinajstić information content (AvgIpc) is 3.26. The van der Waals surface area contributed by atoms with Crippen molar-refractivity contribution in [2.24, 2.45) is 0 Å². The smallest absolute Gasteiger partial charge is 0.288 e. The first-order valence-electron chi connectivity index (χ1n) is 11.1. The van der Waals surface area contributed by atoms with Crippen molar-refractivity contribution in [3.05, 3.63) is 99.6 Å². The van der Waals surface area contributed by atoms with Gasteiger partial charge in [-0.1, -0.05) is 84.0 Å². The first-order valence-corrected chi connectivity index (χ1v) is 12.4. The number of carbonyl (C=O) groups is 1. The van der Waals surface area contributed by atoms with Gasteiger partial charge in [-0.2, -0.15) is 0 Å². The monoisotopic (exact) mass is 506 g/mol. The third-order valence-corrected chi connectivity index (χ3v) is 6.66. The number of nitro benzene ring substituents is 1. The summed E-state index contributed by atoms with van der Waals surface area (Å²) in [5.41, 5.74) is 4.00. The molecule has 4 aromatic rings. The lowest BCUT2D eigenvalue weighted by Crippen LogP contribution is -2.25. The number of thioether (sulfide) groups is 1. The predicted octanol–water partition coefficient (Wildman–Crippen LogP) is 6.32. The van der Waals surface area contributed by atoms with Gasteiger partial charge in [-0.05, 0) is 19.1 Å². The SMILES string of the molecule is CCn1c(SCCNC(=O)c2ccc(Cl)c([N+](=O)[O-])c2)nc(-c2ccccc2)c1-c1ccccc1. The fraction of sp³-hybridized carbons (Fsp3) is 0.154. The van der Waals surface area contributed by atoms with E-state index in [1.165, 1.54) is 18.2 Å². The quantitative estimate of drug-likeness (QED) is 0.124. The average molecular weight is 507 g/mol. The maximum Gasteiger partial charge on any atom is 0.288 e. The van der Waals surface area contributed by atoms with Crippen molar-refractivity contribution < 1.29 is 9.72 Å². The van der Waals surface area contributed by atoms with Gasteiger partial charge in [0.25, 0.3) is 11.6 Å². The second-order valence-corrected chi connectivity index (χ2v) is 9.06. The van der Waals surface area contributed by atoms with Gasteiger partial charge >= 0.3 is 0 Å². The summed E-state index contributed by atoms with van der Waals surface area (Å²) in [6, 6.07) is 24.3. The fourth-order valence-electron chi connectivity index (χ4n) is 3.72. The van der Waals surface area contributed by atoms with Gasteiger partial charge in [-0.15, -0.1) is 0 Å². The third-order valence-electron chi connectivity index (χ3n) is 5.37. The normalized spacial score (nSPS) is 10.8. The number of halogens is 1. The Kier molecular flexibility index (Phi) is 7.84. The molecule has 1 N–H and O–H groups in total. The summed E-state index contributed by atoms with van der Waals surface area (Å²) in [5, 5.41) is 14.8. The van der Waals surface area contributed by atoms with Crippen molar-refractivity contribution in [2.75, 3.05) is 12.3 Å². The minimum Gasteiger partial charge on any atom is -0.351 e. The van der Waals surface area contributed by atoms with E-state index in [1.54, 1.807) is 11.8 Å². The first kappa shape index (κ1) is 24.5. The molecule has 1 heterocycles. The van der Waals surface area contributed by atoms with Crippen LogP contribution in [-0.2, 0) is 6.54 Å². The topological polar surface area (TPSA) is 90.1 Å². The number of nitrogens with one attached hydrogen (secondary N) is 1. The lowest BCUT2D eigenvalue weighted by molar-refractivity contribution is -0.384. The number of hydrogen-bond donors (Lipinski definition) is 1. The van der Waals surface area contributed by atoms with E-state index < -0.39 is 4.92 Å². The molecule has 9 heteroatoms. The number of nitro groups is 1. The molecule has 0 unspecified atom stereocenters. The summed E-state index contributed by atoms with van der Waals surface area (Å²) in [5.74, 6) is 0.195. The summed E-state index contributed by atoms with van der Waals surface area (Å²) in [4.78, 5) is 27.9. The highest BCUT2D eigenvalue weighted by atomic mass is 35.5. The molecule has 4 rings (SSSR count). The highest BCUT2D eigenvalue weighted by Gasteiger charge is 2.20. The standard InChI is InChI=1S/C26H23ClN4O3S/c1-2-30-24(19-11-7-4-8-12-19)23(18-9-5-3-6-10-18)29-26(30)35-16-15-28-25(32)20-13-14-21(27)22(17-20)31(33)34/h3-14,17H,2,15-16H2,1H3,(H,28,32). The van der Waals surface area contributed by atoms with Crippen LogP contribution in [0, 0.1) is 10.1 Å². The molecule has 0 fully saturated rings. The summed E-state index contributed by atoms with van der Waals surface area (Å²) in [7, 11) is 0. The Hall–Kier alpha value is -3.62. The van der Waals surface area contributed by atoms with Crippen LogP contribution >= 0.6 is 23.4 Å². The number of hydrogen-bond acceptors (Lipinski definition) is 5. The molecule has 3 aromatic carbocycles. The van der Waals surface area contributed by atoms with Crippen LogP contribution in [0.25, 0.3) is 22.5 Å². The van der Waals surface area contributed by atoms with E-state index >= 15 is 0 Å². The number of amides is 1. The van der Waals surface area contributed by atoms with E-state index in [0.29, 0.717) is 12.3 Å². The maximum atomic E-state index is 12.5. The highest BCUT2D eigenvalue weighted by Crippen LogP contribution is 2.35. The molecule has 35 heavy (non-hydrogen) atoms. The minimum absolute atomic E-state index is 0.00283. The third kappa shape index (κ3) is 5.55. The molecular formula is C26H23ClN4O3S. The highest BCUT2D eigenvalue weighted by molar-refractivity contribution is 7.99. The van der Waals surface area contributed by atoms with Crippen molar-refractivity contribution >= 4 is 35.0 Å². The lowest BCUT2D eigenvalue weighted by atomic mass is 10.0. The maximum absolute atomic E-state index is 12.5. The largest absolute Gasteiger partial charge is 0.351 e. The van der Waals surface area contributed by atoms with Crippen LogP contribution in [0.15, 0.2) is 84.0 Å². The number of rotatable bonds is 9. The van der Waals surface area contributed by atoms with Crippen LogP contribution in [0.4, 0.5) is 5.69 Å². The van der Waals surface area contributed by atoms with Gasteiger partial charge in [0.05, 0.1) is 16.3 Å². The molecule has 0 saturated heterocycles. The number of imidazole rings is 1. The predicted molar refractivity (Wildman–Crippen MR) is 140 cm³/mol. The Morgan fingerprint density at radius 3 is 2.34 bits per heavy atom. The molecule has 1 aromatic heterocycles. The number of benzene rings is 3. The van der Waals surface area contributed by atoms with Gasteiger partial charge in [0.2, 0.25) is 0 Å². The van der Waals surface area contributed by atoms with E-state index in [1.807, 2.05) is 36.4 Å². The van der Waals surface area contributed by atoms with Crippen LogP contribution < -0.4 is 5.32 Å². The zero-order chi connectivity index (χ0) is 24.8. The second kappa shape index (κ2) is 11.2. The molecule has 1 amide bonds. The van der Waals surface area contributed by atoms with E-state index in [4.69, 9.17) is 16.6 Å². The number of aromatic nitrogens is 2. The van der Waals surface area contributed by atoms with E-state index in [-0.39, 0.29) is 22.2 Å². The Morgan fingerprint density at radius 2 is 1.71 bits per heavy atom. The van der Waals surface area contributed by atoms with E-state index in [2.05, 4.69) is 41.1 Å². The molecule has 0 saturated carbocycles. The summed E-state index contributed by atoms with van der Waals surface area (Å²) in [6.07, 6.45) is 0. The second-order valence-electron chi connectivity index (χ2n) is 7.60. The van der Waals surface area contributed by atoms with E-state index in [0.717, 1.165) is 34.2 Å². The van der Waals surface area contributed by atoms with Crippen molar-refractivity contribution in [1.29, 1.82) is 0 Å². The van der Waals surface area contributed by atoms with Crippen molar-refractivity contribution in [3.8, 4) is 22.5 Å². The summed E-state index contributed by atoms with van der Waals surface area (Å²) >= 11 is 7.39. The molecule has 0 radical (unpaired) electrons. The summed E-state index contributed by atoms with van der Waals surface area (Å²) < 4.78 is 2.19. The summed E-state index contributed by atoms with van der Waals surface area (Å²) in [6.45, 7) is 3.20. The van der Waals surface area contributed by atoms with Crippen molar-refractivity contribution in [2.45, 2.75) is 18.6 Å². The van der Waals surface area contributed by atoms with Gasteiger partial charge < -0.3 is 9.88 Å². The molecule has 0 aliphatic carbocycles. The molecule has 0 aliphatic rings. The Bertz CT molecular complexity index is 1340. The van der Waals surface area contributed by atoms with Crippen LogP contribution in [0.1, 0.15) is 17.3 Å². The Labute approximate surface area is 212 Å². The minimum atomic E-state index is -0.603. The molecule has 0 spiro atoms. The van der Waals surface area contributed by atoms with Gasteiger partial charge in [0.1, 0.15) is 5.02 Å². The van der Waals surface area contributed by atoms with Crippen molar-refractivity contribution in [3.63, 3.8) is 0 Å². The van der Waals surface area contributed by atoms with Crippen molar-refractivity contribution in [1.82, 2.24) is 14.9 Å². The zero-order valence-electron chi connectivity index (χ0n) is 19.0. The van der Waals surface area contributed by atoms with E-state index in [9.17, 15) is 14.9 Å². The van der Waals surface area contributed by atoms with Crippen LogP contribution in [0.3, 0.4) is 0 Å². The lowest BCUT2D eigenvalue weighted by Gasteiger charge is -2.11. The van der Waals surface area contributed by atoms with Gasteiger partial charge in [0.15, 0.2) is 5.16 Å². The fourth-order valence-corrected chi connectivity index (χ4v) is 4.83. The zero-order valence-corrected chi connectivity index (χ0v) is 20.6. The molecule has 178 valence electrons. The van der Waals surface area contributed by atoms with Gasteiger partial charge in [-0.25, -0.2) is 4.98 Å². The number of carbonyl (C=O) groups excluding carboxylic acids is 1. The molecule has 0 atom stereocenters. The molecule has 0 aliphatic heterocycles. The first-order chi connectivity index (χ1) is 17.0. The van der Waals surface area contributed by atoms with Crippen LogP contribution in [0.2, 0.25) is 5.02 Å². The van der Waals surface area contributed by atoms with Crippen LogP contribution in [0.5, 0.6) is 0 Å². The number of nitrogens with zero attached hydrogens (tertiary/aromatic N) is 3. The molecule has 0 bridgehead atoms.